The van der Waals surface area contributed by atoms with Gasteiger partial charge in [0.15, 0.2) is 0 Å². The summed E-state index contributed by atoms with van der Waals surface area (Å²) in [6.07, 6.45) is 8.37. The summed E-state index contributed by atoms with van der Waals surface area (Å²) in [6, 6.07) is 2.80. The second kappa shape index (κ2) is 8.08. The Morgan fingerprint density at radius 3 is 2.65 bits per heavy atom. The van der Waals surface area contributed by atoms with Crippen LogP contribution in [0, 0.1) is 5.92 Å². The lowest BCUT2D eigenvalue weighted by atomic mass is 9.56. The van der Waals surface area contributed by atoms with E-state index in [0.717, 1.165) is 44.9 Å². The van der Waals surface area contributed by atoms with E-state index in [2.05, 4.69) is 38.3 Å². The molecule has 0 radical (unpaired) electrons. The molecule has 0 N–H and O–H groups in total. The molecular formula is C28H39NO2. The van der Waals surface area contributed by atoms with Crippen molar-refractivity contribution in [3.63, 3.8) is 0 Å². The fourth-order valence-corrected chi connectivity index (χ4v) is 7.44. The monoisotopic (exact) mass is 421 g/mol. The zero-order valence-electron chi connectivity index (χ0n) is 20.0. The van der Waals surface area contributed by atoms with Gasteiger partial charge in [0.1, 0.15) is 5.75 Å². The Balaban J connectivity index is 1.74. The number of fused-ring (bicyclic) bond motifs is 5. The van der Waals surface area contributed by atoms with Crippen LogP contribution in [-0.4, -0.2) is 38.3 Å². The first-order valence-electron chi connectivity index (χ1n) is 12.5. The third-order valence-electron chi connectivity index (χ3n) is 8.85. The lowest BCUT2D eigenvalue weighted by Gasteiger charge is -2.48. The Bertz CT molecular complexity index is 923. The SMILES string of the molecule is C=C1CCC[C@]2(C)c3cc(OC)c4c(c3CC[C@@H]12)C(CC)=C(CC)C4N1CCOCC1. The Morgan fingerprint density at radius 1 is 1.19 bits per heavy atom. The normalized spacial score (nSPS) is 30.8. The van der Waals surface area contributed by atoms with Crippen molar-refractivity contribution in [1.82, 2.24) is 4.90 Å². The van der Waals surface area contributed by atoms with E-state index in [4.69, 9.17) is 9.47 Å². The number of hydrogen-bond donors (Lipinski definition) is 0. The molecule has 1 unspecified atom stereocenters. The average Bonchev–Trinajstić information content (AvgIpc) is 3.13. The molecule has 3 heteroatoms. The van der Waals surface area contributed by atoms with Crippen LogP contribution < -0.4 is 4.74 Å². The van der Waals surface area contributed by atoms with E-state index in [-0.39, 0.29) is 5.41 Å². The molecular weight excluding hydrogens is 382 g/mol. The van der Waals surface area contributed by atoms with Crippen molar-refractivity contribution in [3.05, 3.63) is 46.0 Å². The quantitative estimate of drug-likeness (QED) is 0.539. The highest BCUT2D eigenvalue weighted by atomic mass is 16.5. The van der Waals surface area contributed by atoms with Crippen LogP contribution in [0.4, 0.5) is 0 Å². The number of benzene rings is 1. The number of rotatable bonds is 4. The van der Waals surface area contributed by atoms with Crippen molar-refractivity contribution in [2.24, 2.45) is 5.92 Å². The number of allylic oxidation sites excluding steroid dienone is 2. The summed E-state index contributed by atoms with van der Waals surface area (Å²) in [7, 11) is 1.87. The van der Waals surface area contributed by atoms with Crippen LogP contribution >= 0.6 is 0 Å². The highest BCUT2D eigenvalue weighted by Crippen LogP contribution is 2.58. The second-order valence-corrected chi connectivity index (χ2v) is 10.2. The molecule has 1 saturated carbocycles. The first kappa shape index (κ1) is 21.3. The van der Waals surface area contributed by atoms with Crippen molar-refractivity contribution in [2.75, 3.05) is 33.4 Å². The Kier molecular flexibility index (Phi) is 5.55. The highest BCUT2D eigenvalue weighted by Gasteiger charge is 2.47. The minimum absolute atomic E-state index is 0.202. The largest absolute Gasteiger partial charge is 0.496 e. The zero-order chi connectivity index (χ0) is 21.8. The van der Waals surface area contributed by atoms with Gasteiger partial charge in [-0.15, -0.1) is 0 Å². The maximum absolute atomic E-state index is 6.17. The number of methoxy groups -OCH3 is 1. The van der Waals surface area contributed by atoms with Gasteiger partial charge >= 0.3 is 0 Å². The van der Waals surface area contributed by atoms with Crippen molar-refractivity contribution in [1.29, 1.82) is 0 Å². The fourth-order valence-electron chi connectivity index (χ4n) is 7.44. The maximum Gasteiger partial charge on any atom is 0.124 e. The molecule has 1 aromatic carbocycles. The molecule has 168 valence electrons. The number of nitrogens with zero attached hydrogens (tertiary/aromatic N) is 1. The van der Waals surface area contributed by atoms with Crippen LogP contribution in [0.3, 0.4) is 0 Å². The summed E-state index contributed by atoms with van der Waals surface area (Å²) in [4.78, 5) is 2.65. The summed E-state index contributed by atoms with van der Waals surface area (Å²) < 4.78 is 11.9. The van der Waals surface area contributed by atoms with Gasteiger partial charge in [-0.05, 0) is 90.2 Å². The molecule has 0 aromatic heterocycles. The van der Waals surface area contributed by atoms with Crippen molar-refractivity contribution < 1.29 is 9.47 Å². The minimum Gasteiger partial charge on any atom is -0.496 e. The van der Waals surface area contributed by atoms with E-state index in [0.29, 0.717) is 12.0 Å². The van der Waals surface area contributed by atoms with Crippen molar-refractivity contribution in [3.8, 4) is 5.75 Å². The molecule has 3 aliphatic carbocycles. The molecule has 3 nitrogen and oxygen atoms in total. The van der Waals surface area contributed by atoms with Gasteiger partial charge in [0.25, 0.3) is 0 Å². The van der Waals surface area contributed by atoms with E-state index in [1.165, 1.54) is 43.2 Å². The van der Waals surface area contributed by atoms with Crippen LogP contribution in [0.25, 0.3) is 5.57 Å². The lowest BCUT2D eigenvalue weighted by molar-refractivity contribution is 0.0230. The molecule has 1 aromatic rings. The highest BCUT2D eigenvalue weighted by molar-refractivity contribution is 5.83. The third kappa shape index (κ3) is 3.07. The van der Waals surface area contributed by atoms with Gasteiger partial charge in [-0.25, -0.2) is 0 Å². The molecule has 1 heterocycles. The summed E-state index contributed by atoms with van der Waals surface area (Å²) in [6.45, 7) is 15.4. The van der Waals surface area contributed by atoms with E-state index in [1.807, 2.05) is 7.11 Å². The van der Waals surface area contributed by atoms with Crippen LogP contribution in [-0.2, 0) is 16.6 Å². The molecule has 3 atom stereocenters. The van der Waals surface area contributed by atoms with Gasteiger partial charge in [0, 0.05) is 18.7 Å². The first-order chi connectivity index (χ1) is 15.0. The predicted molar refractivity (Wildman–Crippen MR) is 128 cm³/mol. The molecule has 31 heavy (non-hydrogen) atoms. The van der Waals surface area contributed by atoms with Gasteiger partial charge in [0.05, 0.1) is 26.4 Å². The molecule has 1 aliphatic heterocycles. The number of morpholine rings is 1. The zero-order valence-corrected chi connectivity index (χ0v) is 20.0. The van der Waals surface area contributed by atoms with Gasteiger partial charge in [-0.1, -0.05) is 32.9 Å². The van der Waals surface area contributed by atoms with Crippen molar-refractivity contribution >= 4 is 5.57 Å². The molecule has 0 spiro atoms. The second-order valence-electron chi connectivity index (χ2n) is 10.2. The molecule has 0 amide bonds. The van der Waals surface area contributed by atoms with Crippen LogP contribution in [0.2, 0.25) is 0 Å². The Morgan fingerprint density at radius 2 is 1.97 bits per heavy atom. The van der Waals surface area contributed by atoms with Crippen LogP contribution in [0.5, 0.6) is 5.75 Å². The minimum atomic E-state index is 0.202. The van der Waals surface area contributed by atoms with E-state index in [9.17, 15) is 0 Å². The van der Waals surface area contributed by atoms with Gasteiger partial charge in [0.2, 0.25) is 0 Å². The average molecular weight is 422 g/mol. The van der Waals surface area contributed by atoms with Crippen molar-refractivity contribution in [2.45, 2.75) is 77.2 Å². The third-order valence-corrected chi connectivity index (χ3v) is 8.85. The van der Waals surface area contributed by atoms with E-state index in [1.54, 1.807) is 27.8 Å². The summed E-state index contributed by atoms with van der Waals surface area (Å²) in [5, 5.41) is 0. The molecule has 5 rings (SSSR count). The van der Waals surface area contributed by atoms with Crippen LogP contribution in [0.1, 0.15) is 87.6 Å². The van der Waals surface area contributed by atoms with E-state index >= 15 is 0 Å². The van der Waals surface area contributed by atoms with Gasteiger partial charge in [-0.2, -0.15) is 0 Å². The number of hydrogen-bond acceptors (Lipinski definition) is 3. The summed E-state index contributed by atoms with van der Waals surface area (Å²) >= 11 is 0. The summed E-state index contributed by atoms with van der Waals surface area (Å²) in [5.41, 5.74) is 11.1. The molecule has 0 bridgehead atoms. The smallest absolute Gasteiger partial charge is 0.124 e. The first-order valence-corrected chi connectivity index (χ1v) is 12.5. The van der Waals surface area contributed by atoms with E-state index < -0.39 is 0 Å². The fraction of sp³-hybridized carbons (Fsp3) is 0.643. The van der Waals surface area contributed by atoms with Gasteiger partial charge in [-0.3, -0.25) is 4.90 Å². The Hall–Kier alpha value is -1.58. The van der Waals surface area contributed by atoms with Gasteiger partial charge < -0.3 is 9.47 Å². The number of ether oxygens (including phenoxy) is 2. The maximum atomic E-state index is 6.17. The lowest BCUT2D eigenvalue weighted by Crippen LogP contribution is -2.41. The predicted octanol–water partition coefficient (Wildman–Crippen LogP) is 6.22. The summed E-state index contributed by atoms with van der Waals surface area (Å²) in [5.74, 6) is 1.73. The molecule has 4 aliphatic rings. The van der Waals surface area contributed by atoms with Crippen LogP contribution in [0.15, 0.2) is 23.8 Å². The Labute approximate surface area is 188 Å². The standard InChI is InChI=1S/C28H39NO2/c1-6-19-20(7-2)27(29-13-15-31-16-14-29)26-24(30-5)17-23-21(25(19)26)10-11-22-18(3)9-8-12-28(22,23)4/h17,22,27H,3,6-16H2,1-2,4-5H3/t22-,27?,28-/m0/s1. The molecule has 2 fully saturated rings. The molecule has 1 saturated heterocycles. The topological polar surface area (TPSA) is 21.7 Å².